The summed E-state index contributed by atoms with van der Waals surface area (Å²) in [5.41, 5.74) is 4.89. The van der Waals surface area contributed by atoms with E-state index in [0.717, 1.165) is 18.4 Å². The molecule has 1 aliphatic rings. The second-order valence-corrected chi connectivity index (χ2v) is 9.02. The number of carbonyl (C=O) groups excluding carboxylic acids is 1. The monoisotopic (exact) mass is 438 g/mol. The molecule has 1 fully saturated rings. The largest absolute Gasteiger partial charge is 0.353 e. The molecule has 1 aromatic heterocycles. The molecule has 0 saturated heterocycles. The molecule has 1 saturated carbocycles. The lowest BCUT2D eigenvalue weighted by molar-refractivity contribution is 0.0365. The molecule has 0 atom stereocenters. The minimum Gasteiger partial charge on any atom is -0.353 e. The topological polar surface area (TPSA) is 109 Å². The number of amides is 1. The molecule has 156 valence electrons. The Balaban J connectivity index is 1.97. The second kappa shape index (κ2) is 8.98. The average Bonchev–Trinajstić information content (AvgIpc) is 3.52. The van der Waals surface area contributed by atoms with E-state index in [9.17, 15) is 13.2 Å². The van der Waals surface area contributed by atoms with E-state index in [0.29, 0.717) is 29.6 Å². The molecule has 2 aromatic rings. The lowest BCUT2D eigenvalue weighted by Crippen LogP contribution is -2.24. The number of carbonyl (C=O) groups is 1. The Labute approximate surface area is 175 Å². The molecular formula is C19H23ClN4O4S. The SMILES string of the molecule is CCONC(=O)c1cnc(Cl)cc1Nc1ccc(C2CC2)cc1NS(=O)(=O)CC. The van der Waals surface area contributed by atoms with Crippen LogP contribution in [0.1, 0.15) is 48.5 Å². The summed E-state index contributed by atoms with van der Waals surface area (Å²) in [6.07, 6.45) is 3.51. The maximum atomic E-state index is 12.4. The third-order valence-electron chi connectivity index (χ3n) is 4.43. The lowest BCUT2D eigenvalue weighted by Gasteiger charge is -2.17. The molecule has 0 aliphatic heterocycles. The van der Waals surface area contributed by atoms with E-state index in [-0.39, 0.29) is 16.5 Å². The van der Waals surface area contributed by atoms with Gasteiger partial charge >= 0.3 is 0 Å². The molecule has 29 heavy (non-hydrogen) atoms. The summed E-state index contributed by atoms with van der Waals surface area (Å²) in [5, 5.41) is 3.29. The molecule has 8 nitrogen and oxygen atoms in total. The number of nitrogens with one attached hydrogen (secondary N) is 3. The van der Waals surface area contributed by atoms with Crippen molar-refractivity contribution in [2.45, 2.75) is 32.6 Å². The summed E-state index contributed by atoms with van der Waals surface area (Å²) in [6, 6.07) is 7.07. The van der Waals surface area contributed by atoms with Gasteiger partial charge in [0.15, 0.2) is 0 Å². The van der Waals surface area contributed by atoms with E-state index in [1.54, 1.807) is 19.9 Å². The van der Waals surface area contributed by atoms with Crippen LogP contribution in [-0.2, 0) is 14.9 Å². The first-order chi connectivity index (χ1) is 13.8. The summed E-state index contributed by atoms with van der Waals surface area (Å²) >= 11 is 6.01. The van der Waals surface area contributed by atoms with Gasteiger partial charge in [-0.3, -0.25) is 14.4 Å². The van der Waals surface area contributed by atoms with Gasteiger partial charge in [0.1, 0.15) is 5.15 Å². The highest BCUT2D eigenvalue weighted by atomic mass is 35.5. The van der Waals surface area contributed by atoms with Crippen molar-refractivity contribution in [3.05, 3.63) is 46.7 Å². The highest BCUT2D eigenvalue weighted by molar-refractivity contribution is 7.92. The summed E-state index contributed by atoms with van der Waals surface area (Å²) in [5.74, 6) is -0.0935. The van der Waals surface area contributed by atoms with Crippen molar-refractivity contribution in [3.63, 3.8) is 0 Å². The average molecular weight is 439 g/mol. The molecule has 0 unspecified atom stereocenters. The van der Waals surface area contributed by atoms with Crippen molar-refractivity contribution in [2.75, 3.05) is 22.4 Å². The van der Waals surface area contributed by atoms with Crippen LogP contribution in [-0.4, -0.2) is 31.7 Å². The van der Waals surface area contributed by atoms with Gasteiger partial charge in [0.2, 0.25) is 10.0 Å². The smallest absolute Gasteiger partial charge is 0.278 e. The van der Waals surface area contributed by atoms with Gasteiger partial charge in [-0.05, 0) is 56.4 Å². The van der Waals surface area contributed by atoms with Crippen LogP contribution < -0.4 is 15.5 Å². The quantitative estimate of drug-likeness (QED) is 0.406. The molecule has 1 aliphatic carbocycles. The van der Waals surface area contributed by atoms with Gasteiger partial charge in [0, 0.05) is 6.20 Å². The van der Waals surface area contributed by atoms with Gasteiger partial charge in [-0.25, -0.2) is 18.9 Å². The Morgan fingerprint density at radius 1 is 1.21 bits per heavy atom. The van der Waals surface area contributed by atoms with E-state index < -0.39 is 15.9 Å². The zero-order valence-electron chi connectivity index (χ0n) is 16.2. The highest BCUT2D eigenvalue weighted by Gasteiger charge is 2.25. The van der Waals surface area contributed by atoms with Gasteiger partial charge in [0.05, 0.1) is 35.0 Å². The van der Waals surface area contributed by atoms with Gasteiger partial charge in [-0.1, -0.05) is 17.7 Å². The summed E-state index contributed by atoms with van der Waals surface area (Å²) in [6.45, 7) is 3.62. The van der Waals surface area contributed by atoms with Crippen LogP contribution >= 0.6 is 11.6 Å². The molecule has 10 heteroatoms. The predicted molar refractivity (Wildman–Crippen MR) is 113 cm³/mol. The number of sulfonamides is 1. The van der Waals surface area contributed by atoms with E-state index in [2.05, 4.69) is 20.5 Å². The molecule has 0 radical (unpaired) electrons. The molecule has 3 rings (SSSR count). The first-order valence-corrected chi connectivity index (χ1v) is 11.3. The molecule has 3 N–H and O–H groups in total. The van der Waals surface area contributed by atoms with Crippen molar-refractivity contribution in [3.8, 4) is 0 Å². The van der Waals surface area contributed by atoms with E-state index >= 15 is 0 Å². The molecule has 0 bridgehead atoms. The number of nitrogens with zero attached hydrogens (tertiary/aromatic N) is 1. The van der Waals surface area contributed by atoms with Crippen molar-refractivity contribution in [1.29, 1.82) is 0 Å². The lowest BCUT2D eigenvalue weighted by atomic mass is 10.1. The third kappa shape index (κ3) is 5.59. The van der Waals surface area contributed by atoms with Gasteiger partial charge in [-0.2, -0.15) is 0 Å². The number of anilines is 3. The fraction of sp³-hybridized carbons (Fsp3) is 0.368. The van der Waals surface area contributed by atoms with Gasteiger partial charge in [0.25, 0.3) is 5.91 Å². The van der Waals surface area contributed by atoms with Crippen LogP contribution in [0, 0.1) is 0 Å². The van der Waals surface area contributed by atoms with Crippen LogP contribution in [0.3, 0.4) is 0 Å². The number of hydroxylamine groups is 1. The van der Waals surface area contributed by atoms with Crippen molar-refractivity contribution in [1.82, 2.24) is 10.5 Å². The standard InChI is InChI=1S/C19H23ClN4O4S/c1-3-28-23-19(25)14-11-21-18(20)10-16(14)22-15-8-7-13(12-5-6-12)9-17(15)24-29(26,27)4-2/h7-12,24H,3-6H2,1-2H3,(H,21,22)(H,23,25). The Kier molecular flexibility index (Phi) is 6.61. The Bertz CT molecular complexity index is 1010. The zero-order chi connectivity index (χ0) is 21.0. The van der Waals surface area contributed by atoms with E-state index in [1.165, 1.54) is 12.3 Å². The van der Waals surface area contributed by atoms with Crippen LogP contribution in [0.25, 0.3) is 0 Å². The maximum Gasteiger partial charge on any atom is 0.278 e. The van der Waals surface area contributed by atoms with Crippen LogP contribution in [0.5, 0.6) is 0 Å². The van der Waals surface area contributed by atoms with Crippen molar-refractivity contribution < 1.29 is 18.0 Å². The summed E-state index contributed by atoms with van der Waals surface area (Å²) in [7, 11) is -3.48. The number of benzene rings is 1. The Morgan fingerprint density at radius 2 is 1.97 bits per heavy atom. The first kappa shape index (κ1) is 21.4. The fourth-order valence-corrected chi connectivity index (χ4v) is 3.52. The number of rotatable bonds is 9. The zero-order valence-corrected chi connectivity index (χ0v) is 17.7. The summed E-state index contributed by atoms with van der Waals surface area (Å²) < 4.78 is 26.9. The third-order valence-corrected chi connectivity index (χ3v) is 5.93. The van der Waals surface area contributed by atoms with Crippen LogP contribution in [0.15, 0.2) is 30.5 Å². The summed E-state index contributed by atoms with van der Waals surface area (Å²) in [4.78, 5) is 21.3. The van der Waals surface area contributed by atoms with Crippen LogP contribution in [0.2, 0.25) is 5.15 Å². The predicted octanol–water partition coefficient (Wildman–Crippen LogP) is 3.80. The van der Waals surface area contributed by atoms with Gasteiger partial charge < -0.3 is 5.32 Å². The number of halogens is 1. The first-order valence-electron chi connectivity index (χ1n) is 9.32. The highest BCUT2D eigenvalue weighted by Crippen LogP contribution is 2.42. The molecule has 0 spiro atoms. The minimum absolute atomic E-state index is 0.0524. The fourth-order valence-electron chi connectivity index (χ4n) is 2.72. The van der Waals surface area contributed by atoms with Crippen molar-refractivity contribution >= 4 is 44.6 Å². The van der Waals surface area contributed by atoms with Crippen molar-refractivity contribution in [2.24, 2.45) is 0 Å². The minimum atomic E-state index is -3.48. The second-order valence-electron chi connectivity index (χ2n) is 6.63. The number of hydrogen-bond acceptors (Lipinski definition) is 6. The molecule has 1 amide bonds. The normalized spacial score (nSPS) is 13.8. The Morgan fingerprint density at radius 3 is 2.62 bits per heavy atom. The molecule has 1 aromatic carbocycles. The molecular weight excluding hydrogens is 416 g/mol. The number of aromatic nitrogens is 1. The number of pyridine rings is 1. The number of hydrogen-bond donors (Lipinski definition) is 3. The van der Waals surface area contributed by atoms with E-state index in [1.807, 2.05) is 12.1 Å². The van der Waals surface area contributed by atoms with Crippen LogP contribution in [0.4, 0.5) is 17.1 Å². The maximum absolute atomic E-state index is 12.4. The Hall–Kier alpha value is -2.36. The van der Waals surface area contributed by atoms with Gasteiger partial charge in [-0.15, -0.1) is 0 Å². The molecule has 1 heterocycles. The van der Waals surface area contributed by atoms with E-state index in [4.69, 9.17) is 16.4 Å².